The predicted molar refractivity (Wildman–Crippen MR) is 69.1 cm³/mol. The highest BCUT2D eigenvalue weighted by atomic mass is 16.5. The van der Waals surface area contributed by atoms with Crippen molar-refractivity contribution in [2.24, 2.45) is 5.92 Å². The first-order valence-electron chi connectivity index (χ1n) is 6.56. The quantitative estimate of drug-likeness (QED) is 0.768. The molecule has 0 unspecified atom stereocenters. The molecule has 2 rings (SSSR count). The zero-order valence-corrected chi connectivity index (χ0v) is 11.0. The molecule has 0 radical (unpaired) electrons. The Hall–Kier alpha value is -1.35. The summed E-state index contributed by atoms with van der Waals surface area (Å²) in [6, 6.07) is 10.2. The van der Waals surface area contributed by atoms with Crippen molar-refractivity contribution in [3.63, 3.8) is 0 Å². The van der Waals surface area contributed by atoms with E-state index in [1.807, 2.05) is 25.1 Å². The van der Waals surface area contributed by atoms with Gasteiger partial charge in [-0.3, -0.25) is 4.79 Å². The Morgan fingerprint density at radius 1 is 1.39 bits per heavy atom. The van der Waals surface area contributed by atoms with Crippen LogP contribution in [0.1, 0.15) is 38.4 Å². The lowest BCUT2D eigenvalue weighted by atomic mass is 9.97. The van der Waals surface area contributed by atoms with Gasteiger partial charge in [0.2, 0.25) is 0 Å². The van der Waals surface area contributed by atoms with Crippen LogP contribution >= 0.6 is 0 Å². The molecule has 0 saturated carbocycles. The van der Waals surface area contributed by atoms with Crippen LogP contribution in [-0.4, -0.2) is 18.7 Å². The Morgan fingerprint density at radius 2 is 2.11 bits per heavy atom. The highest BCUT2D eigenvalue weighted by Gasteiger charge is 2.34. The topological polar surface area (TPSA) is 35.5 Å². The van der Waals surface area contributed by atoms with Gasteiger partial charge in [-0.1, -0.05) is 37.3 Å². The highest BCUT2D eigenvalue weighted by Crippen LogP contribution is 2.37. The fraction of sp³-hybridized carbons (Fsp3) is 0.533. The molecule has 0 aliphatic carbocycles. The molecule has 98 valence electrons. The van der Waals surface area contributed by atoms with Crippen LogP contribution in [-0.2, 0) is 14.3 Å². The van der Waals surface area contributed by atoms with Gasteiger partial charge in [-0.05, 0) is 24.8 Å². The summed E-state index contributed by atoms with van der Waals surface area (Å²) in [7, 11) is 0. The molecule has 3 heteroatoms. The van der Waals surface area contributed by atoms with Crippen molar-refractivity contribution in [2.75, 3.05) is 6.61 Å². The third kappa shape index (κ3) is 3.10. The van der Waals surface area contributed by atoms with Crippen LogP contribution in [0, 0.1) is 5.92 Å². The lowest BCUT2D eigenvalue weighted by molar-refractivity contribution is -0.146. The molecule has 1 aromatic carbocycles. The van der Waals surface area contributed by atoms with Crippen LogP contribution in [0.15, 0.2) is 30.3 Å². The van der Waals surface area contributed by atoms with E-state index >= 15 is 0 Å². The van der Waals surface area contributed by atoms with Crippen LogP contribution in [0.2, 0.25) is 0 Å². The average molecular weight is 248 g/mol. The molecule has 3 nitrogen and oxygen atoms in total. The third-order valence-corrected chi connectivity index (χ3v) is 3.40. The van der Waals surface area contributed by atoms with Gasteiger partial charge in [-0.25, -0.2) is 0 Å². The van der Waals surface area contributed by atoms with Gasteiger partial charge in [0, 0.05) is 0 Å². The molecular formula is C15H20O3. The Kier molecular flexibility index (Phi) is 4.37. The maximum atomic E-state index is 11.5. The second-order valence-electron chi connectivity index (χ2n) is 4.80. The fourth-order valence-electron chi connectivity index (χ4n) is 2.41. The predicted octanol–water partition coefficient (Wildman–Crippen LogP) is 3.11. The first-order valence-corrected chi connectivity index (χ1v) is 6.56. The van der Waals surface area contributed by atoms with E-state index in [0.29, 0.717) is 18.9 Å². The van der Waals surface area contributed by atoms with E-state index in [-0.39, 0.29) is 18.2 Å². The van der Waals surface area contributed by atoms with Crippen LogP contribution in [0.5, 0.6) is 0 Å². The van der Waals surface area contributed by atoms with Gasteiger partial charge in [-0.2, -0.15) is 0 Å². The number of benzene rings is 1. The van der Waals surface area contributed by atoms with Crippen molar-refractivity contribution >= 4 is 5.97 Å². The highest BCUT2D eigenvalue weighted by molar-refractivity contribution is 5.70. The molecule has 1 heterocycles. The second-order valence-corrected chi connectivity index (χ2v) is 4.80. The summed E-state index contributed by atoms with van der Waals surface area (Å²) >= 11 is 0. The minimum atomic E-state index is -0.164. The first-order chi connectivity index (χ1) is 8.70. The number of ether oxygens (including phenoxy) is 2. The number of rotatable bonds is 4. The van der Waals surface area contributed by atoms with Gasteiger partial charge >= 0.3 is 5.97 Å². The summed E-state index contributed by atoms with van der Waals surface area (Å²) in [5.41, 5.74) is 1.19. The molecule has 1 aliphatic heterocycles. The van der Waals surface area contributed by atoms with E-state index in [1.165, 1.54) is 5.56 Å². The molecule has 0 bridgehead atoms. The van der Waals surface area contributed by atoms with Crippen LogP contribution in [0.25, 0.3) is 0 Å². The maximum Gasteiger partial charge on any atom is 0.308 e. The van der Waals surface area contributed by atoms with Crippen molar-refractivity contribution in [2.45, 2.75) is 38.9 Å². The molecule has 0 aromatic heterocycles. The lowest BCUT2D eigenvalue weighted by Gasteiger charge is -2.14. The van der Waals surface area contributed by atoms with E-state index in [1.54, 1.807) is 0 Å². The van der Waals surface area contributed by atoms with E-state index in [4.69, 9.17) is 9.47 Å². The molecule has 1 aliphatic rings. The SMILES string of the molecule is CCOC(=O)C[C@@H]1O[C@H](c2ccccc2)C[C@H]1C. The van der Waals surface area contributed by atoms with E-state index in [9.17, 15) is 4.79 Å². The Bertz CT molecular complexity index is 388. The second kappa shape index (κ2) is 6.01. The van der Waals surface area contributed by atoms with Gasteiger partial charge in [0.15, 0.2) is 0 Å². The molecule has 0 amide bonds. The fourth-order valence-corrected chi connectivity index (χ4v) is 2.41. The lowest BCUT2D eigenvalue weighted by Crippen LogP contribution is -2.20. The van der Waals surface area contributed by atoms with Gasteiger partial charge in [0.25, 0.3) is 0 Å². The number of carbonyl (C=O) groups excluding carboxylic acids is 1. The van der Waals surface area contributed by atoms with E-state index < -0.39 is 0 Å². The van der Waals surface area contributed by atoms with Crippen LogP contribution in [0.4, 0.5) is 0 Å². The average Bonchev–Trinajstić information content (AvgIpc) is 2.72. The van der Waals surface area contributed by atoms with Gasteiger partial charge in [0.1, 0.15) is 0 Å². The summed E-state index contributed by atoms with van der Waals surface area (Å²) < 4.78 is 11.0. The molecule has 1 fully saturated rings. The Labute approximate surface area is 108 Å². The van der Waals surface area contributed by atoms with Crippen LogP contribution in [0.3, 0.4) is 0 Å². The van der Waals surface area contributed by atoms with E-state index in [0.717, 1.165) is 6.42 Å². The molecule has 0 spiro atoms. The first kappa shape index (κ1) is 13.1. The smallest absolute Gasteiger partial charge is 0.308 e. The van der Waals surface area contributed by atoms with Crippen LogP contribution < -0.4 is 0 Å². The summed E-state index contributed by atoms with van der Waals surface area (Å²) in [5.74, 6) is 0.225. The zero-order valence-electron chi connectivity index (χ0n) is 11.0. The molecule has 3 atom stereocenters. The number of esters is 1. The monoisotopic (exact) mass is 248 g/mol. The normalized spacial score (nSPS) is 27.1. The van der Waals surface area contributed by atoms with Crippen molar-refractivity contribution in [3.05, 3.63) is 35.9 Å². The molecule has 18 heavy (non-hydrogen) atoms. The summed E-state index contributed by atoms with van der Waals surface area (Å²) in [6.45, 7) is 4.39. The van der Waals surface area contributed by atoms with Crippen molar-refractivity contribution in [3.8, 4) is 0 Å². The van der Waals surface area contributed by atoms with Gasteiger partial charge in [-0.15, -0.1) is 0 Å². The minimum Gasteiger partial charge on any atom is -0.466 e. The van der Waals surface area contributed by atoms with Crippen molar-refractivity contribution in [1.82, 2.24) is 0 Å². The zero-order chi connectivity index (χ0) is 13.0. The van der Waals surface area contributed by atoms with E-state index in [2.05, 4.69) is 19.1 Å². The molecular weight excluding hydrogens is 228 g/mol. The Morgan fingerprint density at radius 3 is 2.78 bits per heavy atom. The number of carbonyl (C=O) groups is 1. The standard InChI is InChI=1S/C15H20O3/c1-3-17-15(16)10-13-11(2)9-14(18-13)12-7-5-4-6-8-12/h4-8,11,13-14H,3,9-10H2,1-2H3/t11-,13+,14+/m1/s1. The minimum absolute atomic E-state index is 0.0192. The molecule has 0 N–H and O–H groups in total. The molecule has 1 saturated heterocycles. The van der Waals surface area contributed by atoms with Crippen molar-refractivity contribution in [1.29, 1.82) is 0 Å². The third-order valence-electron chi connectivity index (χ3n) is 3.40. The number of hydrogen-bond acceptors (Lipinski definition) is 3. The summed E-state index contributed by atoms with van der Waals surface area (Å²) in [5, 5.41) is 0. The summed E-state index contributed by atoms with van der Waals surface area (Å²) in [4.78, 5) is 11.5. The van der Waals surface area contributed by atoms with Crippen molar-refractivity contribution < 1.29 is 14.3 Å². The largest absolute Gasteiger partial charge is 0.466 e. The summed E-state index contributed by atoms with van der Waals surface area (Å²) in [6.07, 6.45) is 1.42. The Balaban J connectivity index is 1.95. The number of hydrogen-bond donors (Lipinski definition) is 0. The molecule has 1 aromatic rings. The van der Waals surface area contributed by atoms with Gasteiger partial charge < -0.3 is 9.47 Å². The van der Waals surface area contributed by atoms with Gasteiger partial charge in [0.05, 0.1) is 25.2 Å². The maximum absolute atomic E-state index is 11.5.